The highest BCUT2D eigenvalue weighted by Crippen LogP contribution is 2.23. The van der Waals surface area contributed by atoms with Crippen LogP contribution in [0.2, 0.25) is 0 Å². The monoisotopic (exact) mass is 328 g/mol. The molecule has 0 bridgehead atoms. The summed E-state index contributed by atoms with van der Waals surface area (Å²) in [5, 5.41) is 16.7. The summed E-state index contributed by atoms with van der Waals surface area (Å²) in [4.78, 5) is 26.9. The van der Waals surface area contributed by atoms with Gasteiger partial charge in [-0.1, -0.05) is 12.1 Å². The number of aryl methyl sites for hydroxylation is 3. The number of anilines is 2. The molecule has 24 heavy (non-hydrogen) atoms. The van der Waals surface area contributed by atoms with Gasteiger partial charge in [0.2, 0.25) is 5.91 Å². The number of nitrogens with one attached hydrogen (secondary N) is 2. The zero-order valence-corrected chi connectivity index (χ0v) is 13.9. The normalized spacial score (nSPS) is 10.3. The van der Waals surface area contributed by atoms with E-state index in [-0.39, 0.29) is 18.0 Å². The van der Waals surface area contributed by atoms with Crippen LogP contribution in [0.4, 0.5) is 17.1 Å². The van der Waals surface area contributed by atoms with Crippen LogP contribution in [0.25, 0.3) is 0 Å². The number of rotatable bonds is 6. The van der Waals surface area contributed by atoms with Gasteiger partial charge in [0.05, 0.1) is 16.3 Å². The first kappa shape index (κ1) is 17.4. The molecule has 1 aromatic carbocycles. The smallest absolute Gasteiger partial charge is 0.292 e. The average molecular weight is 328 g/mol. The Morgan fingerprint density at radius 1 is 1.25 bits per heavy atom. The second-order valence-corrected chi connectivity index (χ2v) is 5.54. The maximum absolute atomic E-state index is 12.1. The fourth-order valence-electron chi connectivity index (χ4n) is 2.51. The van der Waals surface area contributed by atoms with E-state index < -0.39 is 4.92 Å². The van der Waals surface area contributed by atoms with E-state index in [1.165, 1.54) is 6.07 Å². The van der Waals surface area contributed by atoms with Crippen LogP contribution in [-0.4, -0.2) is 22.4 Å². The summed E-state index contributed by atoms with van der Waals surface area (Å²) in [7, 11) is 0. The standard InChI is InChI=1S/C17H20N4O3/c1-11-10-12(2)19-13(3)17(11)20-16(22)8-9-18-14-6-4-5-7-15(14)21(23)24/h4-7,10,18H,8-9H2,1-3H3,(H,20,22). The molecule has 7 nitrogen and oxygen atoms in total. The molecule has 0 fully saturated rings. The summed E-state index contributed by atoms with van der Waals surface area (Å²) >= 11 is 0. The number of aromatic nitrogens is 1. The minimum Gasteiger partial charge on any atom is -0.379 e. The van der Waals surface area contributed by atoms with Crippen LogP contribution >= 0.6 is 0 Å². The van der Waals surface area contributed by atoms with Crippen molar-refractivity contribution in [3.05, 3.63) is 57.4 Å². The van der Waals surface area contributed by atoms with Gasteiger partial charge in [-0.25, -0.2) is 0 Å². The maximum Gasteiger partial charge on any atom is 0.292 e. The van der Waals surface area contributed by atoms with Crippen molar-refractivity contribution in [2.24, 2.45) is 0 Å². The highest BCUT2D eigenvalue weighted by molar-refractivity contribution is 5.92. The van der Waals surface area contributed by atoms with Crippen LogP contribution in [0.5, 0.6) is 0 Å². The minimum absolute atomic E-state index is 0.00710. The Morgan fingerprint density at radius 3 is 2.62 bits per heavy atom. The van der Waals surface area contributed by atoms with Gasteiger partial charge in [-0.15, -0.1) is 0 Å². The number of benzene rings is 1. The van der Waals surface area contributed by atoms with Crippen molar-refractivity contribution < 1.29 is 9.72 Å². The number of nitro benzene ring substituents is 1. The third-order valence-corrected chi connectivity index (χ3v) is 3.56. The van der Waals surface area contributed by atoms with Gasteiger partial charge in [0.25, 0.3) is 5.69 Å². The zero-order chi connectivity index (χ0) is 17.7. The Bertz CT molecular complexity index is 751. The van der Waals surface area contributed by atoms with E-state index in [0.29, 0.717) is 12.2 Å². The van der Waals surface area contributed by atoms with E-state index in [4.69, 9.17) is 0 Å². The fourth-order valence-corrected chi connectivity index (χ4v) is 2.51. The van der Waals surface area contributed by atoms with Crippen molar-refractivity contribution in [2.75, 3.05) is 17.2 Å². The van der Waals surface area contributed by atoms with Gasteiger partial charge in [0.15, 0.2) is 0 Å². The summed E-state index contributed by atoms with van der Waals surface area (Å²) in [6, 6.07) is 8.27. The molecule has 0 aliphatic carbocycles. The van der Waals surface area contributed by atoms with Crippen molar-refractivity contribution in [1.29, 1.82) is 0 Å². The minimum atomic E-state index is -0.451. The molecule has 0 unspecified atom stereocenters. The second-order valence-electron chi connectivity index (χ2n) is 5.54. The number of para-hydroxylation sites is 2. The predicted molar refractivity (Wildman–Crippen MR) is 93.3 cm³/mol. The third kappa shape index (κ3) is 4.28. The topological polar surface area (TPSA) is 97.2 Å². The highest BCUT2D eigenvalue weighted by atomic mass is 16.6. The molecule has 0 saturated carbocycles. The lowest BCUT2D eigenvalue weighted by molar-refractivity contribution is -0.384. The molecule has 2 N–H and O–H groups in total. The van der Waals surface area contributed by atoms with E-state index in [1.807, 2.05) is 26.8 Å². The van der Waals surface area contributed by atoms with E-state index >= 15 is 0 Å². The summed E-state index contributed by atoms with van der Waals surface area (Å²) < 4.78 is 0. The number of nitrogens with zero attached hydrogens (tertiary/aromatic N) is 2. The molecule has 7 heteroatoms. The van der Waals surface area contributed by atoms with Crippen molar-refractivity contribution >= 4 is 23.0 Å². The molecule has 1 amide bonds. The molecule has 2 aromatic rings. The Kier molecular flexibility index (Phi) is 5.47. The summed E-state index contributed by atoms with van der Waals surface area (Å²) in [6.45, 7) is 5.97. The van der Waals surface area contributed by atoms with Gasteiger partial charge >= 0.3 is 0 Å². The first-order valence-electron chi connectivity index (χ1n) is 7.60. The number of pyridine rings is 1. The first-order valence-corrected chi connectivity index (χ1v) is 7.60. The van der Waals surface area contributed by atoms with E-state index in [1.54, 1.807) is 18.2 Å². The molecule has 1 aromatic heterocycles. The van der Waals surface area contributed by atoms with Crippen LogP contribution in [0.1, 0.15) is 23.4 Å². The van der Waals surface area contributed by atoms with Crippen LogP contribution in [0.15, 0.2) is 30.3 Å². The number of hydrogen-bond acceptors (Lipinski definition) is 5. The Labute approximate surface area is 140 Å². The lowest BCUT2D eigenvalue weighted by Crippen LogP contribution is -2.18. The van der Waals surface area contributed by atoms with Crippen molar-refractivity contribution in [1.82, 2.24) is 4.98 Å². The lowest BCUT2D eigenvalue weighted by atomic mass is 10.1. The van der Waals surface area contributed by atoms with Gasteiger partial charge in [-0.05, 0) is 38.5 Å². The molecule has 0 aliphatic heterocycles. The van der Waals surface area contributed by atoms with E-state index in [2.05, 4.69) is 15.6 Å². The quantitative estimate of drug-likeness (QED) is 0.626. The molecule has 0 radical (unpaired) electrons. The lowest BCUT2D eigenvalue weighted by Gasteiger charge is -2.12. The van der Waals surface area contributed by atoms with Gasteiger partial charge in [0.1, 0.15) is 5.69 Å². The molecule has 0 saturated heterocycles. The second kappa shape index (κ2) is 7.54. The van der Waals surface area contributed by atoms with Crippen LogP contribution in [-0.2, 0) is 4.79 Å². The Hall–Kier alpha value is -2.96. The highest BCUT2D eigenvalue weighted by Gasteiger charge is 2.13. The molecular weight excluding hydrogens is 308 g/mol. The Balaban J connectivity index is 1.94. The van der Waals surface area contributed by atoms with Crippen molar-refractivity contribution in [2.45, 2.75) is 27.2 Å². The number of amides is 1. The average Bonchev–Trinajstić information content (AvgIpc) is 2.51. The van der Waals surface area contributed by atoms with Crippen molar-refractivity contribution in [3.8, 4) is 0 Å². The van der Waals surface area contributed by atoms with Crippen LogP contribution < -0.4 is 10.6 Å². The van der Waals surface area contributed by atoms with Gasteiger partial charge in [-0.2, -0.15) is 0 Å². The third-order valence-electron chi connectivity index (χ3n) is 3.56. The predicted octanol–water partition coefficient (Wildman–Crippen LogP) is 3.36. The zero-order valence-electron chi connectivity index (χ0n) is 13.9. The van der Waals surface area contributed by atoms with Gasteiger partial charge in [0, 0.05) is 24.7 Å². The molecule has 0 spiro atoms. The summed E-state index contributed by atoms with van der Waals surface area (Å²) in [6.07, 6.45) is 0.193. The molecule has 1 heterocycles. The van der Waals surface area contributed by atoms with Crippen LogP contribution in [0, 0.1) is 30.9 Å². The Morgan fingerprint density at radius 2 is 1.96 bits per heavy atom. The van der Waals surface area contributed by atoms with Crippen molar-refractivity contribution in [3.63, 3.8) is 0 Å². The maximum atomic E-state index is 12.1. The summed E-state index contributed by atoms with van der Waals surface area (Å²) in [5.41, 5.74) is 3.75. The SMILES string of the molecule is Cc1cc(C)c(NC(=O)CCNc2ccccc2[N+](=O)[O-])c(C)n1. The molecule has 126 valence electrons. The van der Waals surface area contributed by atoms with Gasteiger partial charge < -0.3 is 10.6 Å². The van der Waals surface area contributed by atoms with Crippen LogP contribution in [0.3, 0.4) is 0 Å². The number of carbonyl (C=O) groups is 1. The molecule has 0 aliphatic rings. The van der Waals surface area contributed by atoms with E-state index in [9.17, 15) is 14.9 Å². The van der Waals surface area contributed by atoms with Gasteiger partial charge in [-0.3, -0.25) is 19.9 Å². The largest absolute Gasteiger partial charge is 0.379 e. The molecular formula is C17H20N4O3. The first-order chi connectivity index (χ1) is 11.4. The summed E-state index contributed by atoms with van der Waals surface area (Å²) in [5.74, 6) is -0.169. The van der Waals surface area contributed by atoms with E-state index in [0.717, 1.165) is 22.6 Å². The number of carbonyl (C=O) groups excluding carboxylic acids is 1. The fraction of sp³-hybridized carbons (Fsp3) is 0.294. The number of hydrogen-bond donors (Lipinski definition) is 2. The molecule has 0 atom stereocenters. The molecule has 2 rings (SSSR count). The number of nitro groups is 1.